The first-order valence-corrected chi connectivity index (χ1v) is 7.88. The summed E-state index contributed by atoms with van der Waals surface area (Å²) in [5.74, 6) is -1.61. The molecular weight excluding hydrogens is 283 g/mol. The van der Waals surface area contributed by atoms with Gasteiger partial charge in [-0.2, -0.15) is 0 Å². The minimum absolute atomic E-state index is 0.0370. The number of halogens is 1. The van der Waals surface area contributed by atoms with Gasteiger partial charge in [-0.25, -0.2) is 12.8 Å². The Morgan fingerprint density at radius 2 is 1.80 bits per heavy atom. The van der Waals surface area contributed by atoms with E-state index >= 15 is 0 Å². The lowest BCUT2D eigenvalue weighted by molar-refractivity contribution is -0.156. The maximum absolute atomic E-state index is 12.8. The summed E-state index contributed by atoms with van der Waals surface area (Å²) in [5, 5.41) is -0.761. The predicted octanol–water partition coefficient (Wildman–Crippen LogP) is 2.33. The number of ether oxygens (including phenoxy) is 1. The zero-order valence-corrected chi connectivity index (χ0v) is 12.4. The van der Waals surface area contributed by atoms with Crippen molar-refractivity contribution in [2.75, 3.05) is 0 Å². The number of hydrogen-bond acceptors (Lipinski definition) is 4. The van der Waals surface area contributed by atoms with Gasteiger partial charge in [0.05, 0.1) is 16.1 Å². The van der Waals surface area contributed by atoms with E-state index in [4.69, 9.17) is 4.74 Å². The van der Waals surface area contributed by atoms with E-state index in [0.29, 0.717) is 0 Å². The van der Waals surface area contributed by atoms with Crippen LogP contribution in [0.2, 0.25) is 0 Å². The summed E-state index contributed by atoms with van der Waals surface area (Å²) in [4.78, 5) is 11.9. The second-order valence-electron chi connectivity index (χ2n) is 5.91. The molecule has 1 aromatic rings. The van der Waals surface area contributed by atoms with Crippen LogP contribution in [0.5, 0.6) is 0 Å². The Labute approximate surface area is 117 Å². The van der Waals surface area contributed by atoms with Gasteiger partial charge in [-0.15, -0.1) is 0 Å². The summed E-state index contributed by atoms with van der Waals surface area (Å²) in [5.41, 5.74) is -0.635. The van der Waals surface area contributed by atoms with Gasteiger partial charge in [-0.1, -0.05) is 0 Å². The smallest absolute Gasteiger partial charge is 0.310 e. The zero-order chi connectivity index (χ0) is 15.1. The van der Waals surface area contributed by atoms with Gasteiger partial charge < -0.3 is 4.74 Å². The lowest BCUT2D eigenvalue weighted by atomic mass is 10.2. The van der Waals surface area contributed by atoms with E-state index < -0.39 is 38.4 Å². The van der Waals surface area contributed by atoms with Gasteiger partial charge in [-0.05, 0) is 51.5 Å². The van der Waals surface area contributed by atoms with Crippen molar-refractivity contribution in [2.45, 2.75) is 42.9 Å². The lowest BCUT2D eigenvalue weighted by Crippen LogP contribution is -2.26. The van der Waals surface area contributed by atoms with Gasteiger partial charge in [0.25, 0.3) is 0 Å². The summed E-state index contributed by atoms with van der Waals surface area (Å²) in [6, 6.07) is 4.62. The van der Waals surface area contributed by atoms with Crippen molar-refractivity contribution < 1.29 is 22.3 Å². The molecular formula is C14H17FO4S. The Hall–Kier alpha value is -1.43. The number of carbonyl (C=O) groups excluding carboxylic acids is 1. The molecule has 0 bridgehead atoms. The van der Waals surface area contributed by atoms with E-state index in [-0.39, 0.29) is 11.3 Å². The molecule has 1 aliphatic carbocycles. The first-order valence-electron chi connectivity index (χ1n) is 6.33. The van der Waals surface area contributed by atoms with E-state index in [1.165, 1.54) is 12.1 Å². The fourth-order valence-corrected chi connectivity index (χ4v) is 3.81. The lowest BCUT2D eigenvalue weighted by Gasteiger charge is -2.19. The van der Waals surface area contributed by atoms with Crippen LogP contribution in [-0.2, 0) is 19.4 Å². The maximum Gasteiger partial charge on any atom is 0.310 e. The standard InChI is InChI=1S/C14H17FO4S/c1-14(2,3)19-13(16)11-8-12(11)20(17,18)10-6-4-9(15)5-7-10/h4-7,11-12H,8H2,1-3H3/t11-,12?/m0/s1. The number of sulfone groups is 1. The molecule has 0 heterocycles. The molecule has 4 nitrogen and oxygen atoms in total. The van der Waals surface area contributed by atoms with Crippen molar-refractivity contribution in [3.8, 4) is 0 Å². The fraction of sp³-hybridized carbons (Fsp3) is 0.500. The normalized spacial score (nSPS) is 22.4. The third kappa shape index (κ3) is 3.17. The highest BCUT2D eigenvalue weighted by atomic mass is 32.2. The highest BCUT2D eigenvalue weighted by molar-refractivity contribution is 7.92. The number of esters is 1. The molecule has 1 aliphatic rings. The molecule has 0 N–H and O–H groups in total. The molecule has 110 valence electrons. The second kappa shape index (κ2) is 4.84. The van der Waals surface area contributed by atoms with E-state index in [9.17, 15) is 17.6 Å². The van der Waals surface area contributed by atoms with Crippen molar-refractivity contribution >= 4 is 15.8 Å². The third-order valence-electron chi connectivity index (χ3n) is 2.98. The van der Waals surface area contributed by atoms with Gasteiger partial charge in [0, 0.05) is 0 Å². The van der Waals surface area contributed by atoms with Crippen molar-refractivity contribution in [3.05, 3.63) is 30.1 Å². The Morgan fingerprint density at radius 1 is 1.25 bits per heavy atom. The second-order valence-corrected chi connectivity index (χ2v) is 8.08. The minimum atomic E-state index is -3.60. The van der Waals surface area contributed by atoms with Gasteiger partial charge >= 0.3 is 5.97 Å². The molecule has 1 aromatic carbocycles. The van der Waals surface area contributed by atoms with Crippen LogP contribution in [-0.4, -0.2) is 25.2 Å². The van der Waals surface area contributed by atoms with Gasteiger partial charge in [0.15, 0.2) is 9.84 Å². The van der Waals surface area contributed by atoms with Crippen molar-refractivity contribution in [2.24, 2.45) is 5.92 Å². The Balaban J connectivity index is 2.11. The van der Waals surface area contributed by atoms with Crippen LogP contribution in [0.4, 0.5) is 4.39 Å². The number of benzene rings is 1. The SMILES string of the molecule is CC(C)(C)OC(=O)[C@H]1CC1S(=O)(=O)c1ccc(F)cc1. The third-order valence-corrected chi connectivity index (χ3v) is 5.23. The van der Waals surface area contributed by atoms with Gasteiger partial charge in [0.2, 0.25) is 0 Å². The van der Waals surface area contributed by atoms with Crippen molar-refractivity contribution in [3.63, 3.8) is 0 Å². The summed E-state index contributed by atoms with van der Waals surface area (Å²) >= 11 is 0. The minimum Gasteiger partial charge on any atom is -0.460 e. The van der Waals surface area contributed by atoms with Gasteiger partial charge in [0.1, 0.15) is 11.4 Å². The summed E-state index contributed by atoms with van der Waals surface area (Å²) in [6.07, 6.45) is 0.259. The highest BCUT2D eigenvalue weighted by Crippen LogP contribution is 2.42. The molecule has 0 saturated heterocycles. The highest BCUT2D eigenvalue weighted by Gasteiger charge is 2.53. The van der Waals surface area contributed by atoms with Crippen LogP contribution in [0.3, 0.4) is 0 Å². The molecule has 0 aliphatic heterocycles. The molecule has 0 aromatic heterocycles. The van der Waals surface area contributed by atoms with E-state index in [1.807, 2.05) is 0 Å². The Kier molecular flexibility index (Phi) is 3.62. The van der Waals surface area contributed by atoms with Crippen molar-refractivity contribution in [1.29, 1.82) is 0 Å². The van der Waals surface area contributed by atoms with E-state index in [1.54, 1.807) is 20.8 Å². The first kappa shape index (κ1) is 15.0. The molecule has 1 unspecified atom stereocenters. The van der Waals surface area contributed by atoms with Crippen LogP contribution in [0.15, 0.2) is 29.2 Å². The largest absolute Gasteiger partial charge is 0.460 e. The van der Waals surface area contributed by atoms with E-state index in [0.717, 1.165) is 12.1 Å². The average molecular weight is 300 g/mol. The van der Waals surface area contributed by atoms with Gasteiger partial charge in [-0.3, -0.25) is 4.79 Å². The molecule has 0 radical (unpaired) electrons. The Morgan fingerprint density at radius 3 is 2.30 bits per heavy atom. The quantitative estimate of drug-likeness (QED) is 0.635. The molecule has 0 spiro atoms. The monoisotopic (exact) mass is 300 g/mol. The molecule has 0 amide bonds. The number of rotatable bonds is 3. The van der Waals surface area contributed by atoms with Crippen LogP contribution in [0.1, 0.15) is 27.2 Å². The maximum atomic E-state index is 12.8. The van der Waals surface area contributed by atoms with Crippen LogP contribution >= 0.6 is 0 Å². The molecule has 2 rings (SSSR count). The van der Waals surface area contributed by atoms with Crippen LogP contribution < -0.4 is 0 Å². The summed E-state index contributed by atoms with van der Waals surface area (Å²) in [6.45, 7) is 5.20. The number of hydrogen-bond donors (Lipinski definition) is 0. The molecule has 6 heteroatoms. The molecule has 1 saturated carbocycles. The summed E-state index contributed by atoms with van der Waals surface area (Å²) in [7, 11) is -3.60. The zero-order valence-electron chi connectivity index (χ0n) is 11.6. The van der Waals surface area contributed by atoms with Crippen LogP contribution in [0.25, 0.3) is 0 Å². The van der Waals surface area contributed by atoms with Crippen molar-refractivity contribution in [1.82, 2.24) is 0 Å². The number of carbonyl (C=O) groups is 1. The Bertz CT molecular complexity index is 614. The van der Waals surface area contributed by atoms with Crippen LogP contribution in [0, 0.1) is 11.7 Å². The molecule has 20 heavy (non-hydrogen) atoms. The fourth-order valence-electron chi connectivity index (χ4n) is 1.94. The molecule has 2 atom stereocenters. The topological polar surface area (TPSA) is 60.4 Å². The summed E-state index contributed by atoms with van der Waals surface area (Å²) < 4.78 is 42.5. The average Bonchev–Trinajstić information content (AvgIpc) is 3.07. The predicted molar refractivity (Wildman–Crippen MR) is 71.3 cm³/mol. The first-order chi connectivity index (χ1) is 9.11. The molecule has 1 fully saturated rings. The van der Waals surface area contributed by atoms with E-state index in [2.05, 4.69) is 0 Å².